The average Bonchev–Trinajstić information content (AvgIpc) is 3.22. The minimum absolute atomic E-state index is 0.0213. The first-order chi connectivity index (χ1) is 9.55. The Labute approximate surface area is 121 Å². The van der Waals surface area contributed by atoms with Crippen LogP contribution in [0.25, 0.3) is 0 Å². The van der Waals surface area contributed by atoms with E-state index in [4.69, 9.17) is 6.42 Å². The molecule has 0 aromatic heterocycles. The fourth-order valence-corrected chi connectivity index (χ4v) is 3.21. The SMILES string of the molecule is C#CC(CCC)Nc1ccc(S(=O)(=O)NC2CC2)cc1. The van der Waals surface area contributed by atoms with E-state index in [1.807, 2.05) is 0 Å². The summed E-state index contributed by atoms with van der Waals surface area (Å²) in [4.78, 5) is 0.294. The van der Waals surface area contributed by atoms with Crippen molar-refractivity contribution in [2.24, 2.45) is 0 Å². The normalized spacial score (nSPS) is 16.4. The summed E-state index contributed by atoms with van der Waals surface area (Å²) in [5.41, 5.74) is 0.840. The predicted molar refractivity (Wildman–Crippen MR) is 80.9 cm³/mol. The molecule has 2 rings (SSSR count). The Morgan fingerprint density at radius 2 is 2.00 bits per heavy atom. The quantitative estimate of drug-likeness (QED) is 0.758. The Kier molecular flexibility index (Phi) is 4.69. The lowest BCUT2D eigenvalue weighted by molar-refractivity contribution is 0.581. The van der Waals surface area contributed by atoms with Gasteiger partial charge in [-0.3, -0.25) is 0 Å². The third-order valence-electron chi connectivity index (χ3n) is 3.18. The molecule has 1 fully saturated rings. The zero-order valence-electron chi connectivity index (χ0n) is 11.6. The lowest BCUT2D eigenvalue weighted by atomic mass is 10.1. The van der Waals surface area contributed by atoms with Gasteiger partial charge in [0, 0.05) is 11.7 Å². The van der Waals surface area contributed by atoms with Crippen molar-refractivity contribution in [1.29, 1.82) is 0 Å². The van der Waals surface area contributed by atoms with Crippen LogP contribution < -0.4 is 10.0 Å². The molecule has 20 heavy (non-hydrogen) atoms. The first-order valence-corrected chi connectivity index (χ1v) is 8.38. The molecule has 1 unspecified atom stereocenters. The zero-order valence-corrected chi connectivity index (χ0v) is 12.4. The molecular formula is C15H20N2O2S. The Morgan fingerprint density at radius 1 is 1.35 bits per heavy atom. The van der Waals surface area contributed by atoms with Gasteiger partial charge >= 0.3 is 0 Å². The van der Waals surface area contributed by atoms with Gasteiger partial charge < -0.3 is 5.32 Å². The van der Waals surface area contributed by atoms with Crippen LogP contribution in [-0.2, 0) is 10.0 Å². The minimum atomic E-state index is -3.38. The molecule has 0 radical (unpaired) electrons. The molecule has 1 aliphatic rings. The number of anilines is 1. The number of sulfonamides is 1. The van der Waals surface area contributed by atoms with E-state index in [9.17, 15) is 8.42 Å². The fourth-order valence-electron chi connectivity index (χ4n) is 1.91. The average molecular weight is 292 g/mol. The molecule has 2 N–H and O–H groups in total. The number of hydrogen-bond acceptors (Lipinski definition) is 3. The summed E-state index contributed by atoms with van der Waals surface area (Å²) in [5.74, 6) is 2.69. The lowest BCUT2D eigenvalue weighted by Crippen LogP contribution is -2.25. The predicted octanol–water partition coefficient (Wildman–Crippen LogP) is 2.34. The second kappa shape index (κ2) is 6.29. The van der Waals surface area contributed by atoms with Crippen LogP contribution in [0.5, 0.6) is 0 Å². The van der Waals surface area contributed by atoms with Crippen LogP contribution in [0.3, 0.4) is 0 Å². The molecule has 0 heterocycles. The molecule has 0 aliphatic heterocycles. The standard InChI is InChI=1S/C15H20N2O2S/c1-3-5-12(4-2)16-13-8-10-15(11-9-13)20(18,19)17-14-6-7-14/h2,8-12,14,16-17H,3,5-7H2,1H3. The fraction of sp³-hybridized carbons (Fsp3) is 0.467. The molecule has 0 spiro atoms. The van der Waals surface area contributed by atoms with Crippen LogP contribution in [-0.4, -0.2) is 20.5 Å². The van der Waals surface area contributed by atoms with Crippen molar-refractivity contribution >= 4 is 15.7 Å². The largest absolute Gasteiger partial charge is 0.372 e. The van der Waals surface area contributed by atoms with Gasteiger partial charge in [-0.1, -0.05) is 19.3 Å². The zero-order chi connectivity index (χ0) is 14.6. The van der Waals surface area contributed by atoms with Gasteiger partial charge in [-0.05, 0) is 43.5 Å². The second-order valence-electron chi connectivity index (χ2n) is 5.07. The Bertz CT molecular complexity index is 583. The van der Waals surface area contributed by atoms with Crippen LogP contribution in [0.15, 0.2) is 29.2 Å². The van der Waals surface area contributed by atoms with E-state index >= 15 is 0 Å². The van der Waals surface area contributed by atoms with Crippen molar-refractivity contribution in [1.82, 2.24) is 4.72 Å². The molecule has 1 aromatic rings. The lowest BCUT2D eigenvalue weighted by Gasteiger charge is -2.14. The molecule has 1 atom stereocenters. The summed E-state index contributed by atoms with van der Waals surface area (Å²) in [5, 5.41) is 3.21. The van der Waals surface area contributed by atoms with Crippen LogP contribution in [0.1, 0.15) is 32.6 Å². The van der Waals surface area contributed by atoms with E-state index in [-0.39, 0.29) is 12.1 Å². The molecule has 108 valence electrons. The van der Waals surface area contributed by atoms with E-state index in [0.29, 0.717) is 4.90 Å². The Morgan fingerprint density at radius 3 is 2.50 bits per heavy atom. The van der Waals surface area contributed by atoms with Gasteiger partial charge in [0.15, 0.2) is 0 Å². The summed E-state index contributed by atoms with van der Waals surface area (Å²) >= 11 is 0. The highest BCUT2D eigenvalue weighted by molar-refractivity contribution is 7.89. The number of terminal acetylenes is 1. The smallest absolute Gasteiger partial charge is 0.240 e. The molecule has 1 aromatic carbocycles. The molecule has 0 amide bonds. The van der Waals surface area contributed by atoms with E-state index in [2.05, 4.69) is 22.9 Å². The van der Waals surface area contributed by atoms with Gasteiger partial charge in [-0.2, -0.15) is 0 Å². The molecule has 0 saturated heterocycles. The minimum Gasteiger partial charge on any atom is -0.372 e. The van der Waals surface area contributed by atoms with Crippen molar-refractivity contribution in [3.8, 4) is 12.3 Å². The Hall–Kier alpha value is -1.51. The molecule has 4 nitrogen and oxygen atoms in total. The summed E-state index contributed by atoms with van der Waals surface area (Å²) in [6, 6.07) is 6.81. The van der Waals surface area contributed by atoms with Crippen molar-refractivity contribution in [3.63, 3.8) is 0 Å². The monoisotopic (exact) mass is 292 g/mol. The maximum absolute atomic E-state index is 12.0. The highest BCUT2D eigenvalue weighted by Crippen LogP contribution is 2.23. The van der Waals surface area contributed by atoms with Crippen LogP contribution in [0.2, 0.25) is 0 Å². The second-order valence-corrected chi connectivity index (χ2v) is 6.79. The number of rotatable bonds is 7. The third-order valence-corrected chi connectivity index (χ3v) is 4.72. The van der Waals surface area contributed by atoms with Crippen LogP contribution in [0.4, 0.5) is 5.69 Å². The van der Waals surface area contributed by atoms with Gasteiger partial charge in [0.05, 0.1) is 10.9 Å². The molecule has 5 heteroatoms. The summed E-state index contributed by atoms with van der Waals surface area (Å²) in [6.07, 6.45) is 9.20. The van der Waals surface area contributed by atoms with E-state index in [0.717, 1.165) is 31.4 Å². The van der Waals surface area contributed by atoms with E-state index in [1.165, 1.54) is 0 Å². The molecular weight excluding hydrogens is 272 g/mol. The highest BCUT2D eigenvalue weighted by Gasteiger charge is 2.27. The van der Waals surface area contributed by atoms with E-state index in [1.54, 1.807) is 24.3 Å². The maximum atomic E-state index is 12.0. The van der Waals surface area contributed by atoms with Gasteiger partial charge in [-0.25, -0.2) is 13.1 Å². The number of benzene rings is 1. The van der Waals surface area contributed by atoms with Crippen molar-refractivity contribution in [2.75, 3.05) is 5.32 Å². The first-order valence-electron chi connectivity index (χ1n) is 6.90. The van der Waals surface area contributed by atoms with Gasteiger partial charge in [0.2, 0.25) is 10.0 Å². The third kappa shape index (κ3) is 3.99. The molecule has 1 saturated carbocycles. The topological polar surface area (TPSA) is 58.2 Å². The van der Waals surface area contributed by atoms with Crippen molar-refractivity contribution in [2.45, 2.75) is 49.6 Å². The van der Waals surface area contributed by atoms with Gasteiger partial charge in [0.25, 0.3) is 0 Å². The molecule has 1 aliphatic carbocycles. The van der Waals surface area contributed by atoms with E-state index < -0.39 is 10.0 Å². The highest BCUT2D eigenvalue weighted by atomic mass is 32.2. The van der Waals surface area contributed by atoms with Crippen LogP contribution >= 0.6 is 0 Å². The summed E-state index contributed by atoms with van der Waals surface area (Å²) < 4.78 is 26.7. The molecule has 0 bridgehead atoms. The van der Waals surface area contributed by atoms with Crippen molar-refractivity contribution in [3.05, 3.63) is 24.3 Å². The summed E-state index contributed by atoms with van der Waals surface area (Å²) in [7, 11) is -3.38. The van der Waals surface area contributed by atoms with Gasteiger partial charge in [0.1, 0.15) is 0 Å². The van der Waals surface area contributed by atoms with Crippen molar-refractivity contribution < 1.29 is 8.42 Å². The van der Waals surface area contributed by atoms with Gasteiger partial charge in [-0.15, -0.1) is 6.42 Å². The first kappa shape index (κ1) is 14.9. The van der Waals surface area contributed by atoms with Crippen LogP contribution in [0, 0.1) is 12.3 Å². The number of nitrogens with one attached hydrogen (secondary N) is 2. The Balaban J connectivity index is 2.04. The maximum Gasteiger partial charge on any atom is 0.240 e. The summed E-state index contributed by atoms with van der Waals surface area (Å²) in [6.45, 7) is 2.07. The number of hydrogen-bond donors (Lipinski definition) is 2.